The highest BCUT2D eigenvalue weighted by molar-refractivity contribution is 6.21. The van der Waals surface area contributed by atoms with Crippen LogP contribution in [0.25, 0.3) is 111 Å². The Hall–Kier alpha value is -7.63. The van der Waals surface area contributed by atoms with Gasteiger partial charge in [0.2, 0.25) is 0 Å². The fraction of sp³-hybridized carbons (Fsp3) is 0. The second-order valence-corrected chi connectivity index (χ2v) is 13.9. The molecule has 11 aromatic rings. The third-order valence-corrected chi connectivity index (χ3v) is 10.5. The van der Waals surface area contributed by atoms with Crippen LogP contribution in [-0.4, -0.2) is 15.0 Å². The topological polar surface area (TPSA) is 65.0 Å². The smallest absolute Gasteiger partial charge is 0.167 e. The lowest BCUT2D eigenvalue weighted by atomic mass is 9.92. The summed E-state index contributed by atoms with van der Waals surface area (Å²) < 4.78 is 13.9. The second-order valence-electron chi connectivity index (χ2n) is 13.9. The number of rotatable bonds is 6. The maximum atomic E-state index is 7.21. The van der Waals surface area contributed by atoms with Gasteiger partial charge in [-0.3, -0.25) is 0 Å². The van der Waals surface area contributed by atoms with Crippen molar-refractivity contribution in [2.75, 3.05) is 0 Å². The molecule has 0 unspecified atom stereocenters. The summed E-state index contributed by atoms with van der Waals surface area (Å²) >= 11 is 0. The molecule has 0 spiro atoms. The number of fused-ring (bicyclic) bond motifs is 6. The van der Waals surface area contributed by atoms with Crippen LogP contribution in [-0.2, 0) is 0 Å². The molecule has 0 N–H and O–H groups in total. The summed E-state index contributed by atoms with van der Waals surface area (Å²) in [6.07, 6.45) is 0. The molecule has 5 heteroatoms. The molecule has 3 aromatic heterocycles. The predicted octanol–water partition coefficient (Wildman–Crippen LogP) is 13.7. The average Bonchev–Trinajstić information content (AvgIpc) is 3.86. The minimum Gasteiger partial charge on any atom is -0.455 e. The fourth-order valence-corrected chi connectivity index (χ4v) is 7.90. The van der Waals surface area contributed by atoms with Crippen molar-refractivity contribution in [1.82, 2.24) is 15.0 Å². The van der Waals surface area contributed by atoms with E-state index >= 15 is 0 Å². The van der Waals surface area contributed by atoms with E-state index in [1.807, 2.05) is 84.9 Å². The highest BCUT2D eigenvalue weighted by Crippen LogP contribution is 2.47. The Labute approximate surface area is 322 Å². The zero-order valence-electron chi connectivity index (χ0n) is 30.1. The Morgan fingerprint density at radius 1 is 0.286 bits per heavy atom. The number of para-hydroxylation sites is 2. The van der Waals surface area contributed by atoms with Gasteiger partial charge in [-0.25, -0.2) is 15.0 Å². The average molecular weight is 718 g/mol. The van der Waals surface area contributed by atoms with Gasteiger partial charge in [0.1, 0.15) is 22.3 Å². The summed E-state index contributed by atoms with van der Waals surface area (Å²) in [5.41, 5.74) is 12.0. The van der Waals surface area contributed by atoms with E-state index < -0.39 is 0 Å². The number of hydrogen-bond acceptors (Lipinski definition) is 5. The summed E-state index contributed by atoms with van der Waals surface area (Å²) in [4.78, 5) is 15.3. The molecule has 56 heavy (non-hydrogen) atoms. The monoisotopic (exact) mass is 717 g/mol. The molecule has 262 valence electrons. The Morgan fingerprint density at radius 2 is 0.821 bits per heavy atom. The number of hydrogen-bond donors (Lipinski definition) is 0. The molecule has 0 saturated carbocycles. The first-order chi connectivity index (χ1) is 27.8. The molecule has 0 fully saturated rings. The molecule has 0 radical (unpaired) electrons. The lowest BCUT2D eigenvalue weighted by Crippen LogP contribution is -2.00. The van der Waals surface area contributed by atoms with E-state index in [0.29, 0.717) is 23.1 Å². The van der Waals surface area contributed by atoms with Crippen LogP contribution in [0.2, 0.25) is 0 Å². The second kappa shape index (κ2) is 13.0. The van der Waals surface area contributed by atoms with Crippen molar-refractivity contribution in [1.29, 1.82) is 0 Å². The number of benzene rings is 8. The van der Waals surface area contributed by atoms with Crippen LogP contribution in [0.5, 0.6) is 0 Å². The molecule has 0 aliphatic rings. The molecule has 0 bridgehead atoms. The quantitative estimate of drug-likeness (QED) is 0.171. The molecule has 8 aromatic carbocycles. The van der Waals surface area contributed by atoms with Crippen molar-refractivity contribution in [3.8, 4) is 67.5 Å². The first-order valence-electron chi connectivity index (χ1n) is 18.7. The minimum absolute atomic E-state index is 0.528. The van der Waals surface area contributed by atoms with Gasteiger partial charge in [-0.05, 0) is 46.5 Å². The number of furan rings is 2. The SMILES string of the molecule is c1ccc(-c2cc(-c3ccccc3)c3oc4c(-c5nc(-c6ccccc6)nc(-c6ccccc6)n5)ccc(-c5cccc6c5oc5ccccc56)c4c3c2)cc1. The zero-order chi connectivity index (χ0) is 37.0. The van der Waals surface area contributed by atoms with Crippen molar-refractivity contribution in [2.24, 2.45) is 0 Å². The van der Waals surface area contributed by atoms with E-state index in [0.717, 1.165) is 88.4 Å². The van der Waals surface area contributed by atoms with E-state index in [9.17, 15) is 0 Å². The normalized spacial score (nSPS) is 11.6. The van der Waals surface area contributed by atoms with Gasteiger partial charge in [0.15, 0.2) is 17.5 Å². The van der Waals surface area contributed by atoms with Gasteiger partial charge in [-0.2, -0.15) is 0 Å². The molecular weight excluding hydrogens is 687 g/mol. The molecule has 0 saturated heterocycles. The molecule has 5 nitrogen and oxygen atoms in total. The summed E-state index contributed by atoms with van der Waals surface area (Å²) in [7, 11) is 0. The first kappa shape index (κ1) is 31.9. The van der Waals surface area contributed by atoms with Crippen molar-refractivity contribution >= 4 is 43.9 Å². The summed E-state index contributed by atoms with van der Waals surface area (Å²) in [5.74, 6) is 1.71. The van der Waals surface area contributed by atoms with Crippen LogP contribution in [0.15, 0.2) is 197 Å². The van der Waals surface area contributed by atoms with Crippen molar-refractivity contribution in [3.05, 3.63) is 188 Å². The maximum absolute atomic E-state index is 7.21. The molecule has 3 heterocycles. The molecule has 0 aliphatic heterocycles. The number of aromatic nitrogens is 3. The summed E-state index contributed by atoms with van der Waals surface area (Å²) in [5, 5.41) is 4.10. The Bertz CT molecular complexity index is 3170. The van der Waals surface area contributed by atoms with E-state index in [4.69, 9.17) is 23.8 Å². The van der Waals surface area contributed by atoms with Crippen LogP contribution in [0.1, 0.15) is 0 Å². The molecule has 0 amide bonds. The molecule has 0 atom stereocenters. The Morgan fingerprint density at radius 3 is 1.50 bits per heavy atom. The highest BCUT2D eigenvalue weighted by Gasteiger charge is 2.25. The van der Waals surface area contributed by atoms with Crippen LogP contribution in [0.3, 0.4) is 0 Å². The lowest BCUT2D eigenvalue weighted by Gasteiger charge is -2.11. The summed E-state index contributed by atoms with van der Waals surface area (Å²) in [6.45, 7) is 0. The van der Waals surface area contributed by atoms with Crippen molar-refractivity contribution < 1.29 is 8.83 Å². The summed E-state index contributed by atoms with van der Waals surface area (Å²) in [6, 6.07) is 64.4. The van der Waals surface area contributed by atoms with Crippen molar-refractivity contribution in [3.63, 3.8) is 0 Å². The first-order valence-corrected chi connectivity index (χ1v) is 18.7. The van der Waals surface area contributed by atoms with Crippen LogP contribution in [0.4, 0.5) is 0 Å². The lowest BCUT2D eigenvalue weighted by molar-refractivity contribution is 0.669. The fourth-order valence-electron chi connectivity index (χ4n) is 7.90. The molecule has 11 rings (SSSR count). The third kappa shape index (κ3) is 5.29. The van der Waals surface area contributed by atoms with E-state index in [2.05, 4.69) is 103 Å². The molecule has 0 aliphatic carbocycles. The van der Waals surface area contributed by atoms with Gasteiger partial charge < -0.3 is 8.83 Å². The van der Waals surface area contributed by atoms with Gasteiger partial charge in [-0.1, -0.05) is 164 Å². The van der Waals surface area contributed by atoms with Gasteiger partial charge in [0, 0.05) is 43.8 Å². The van der Waals surface area contributed by atoms with Gasteiger partial charge in [-0.15, -0.1) is 0 Å². The minimum atomic E-state index is 0.528. The third-order valence-electron chi connectivity index (χ3n) is 10.5. The largest absolute Gasteiger partial charge is 0.455 e. The van der Waals surface area contributed by atoms with Gasteiger partial charge >= 0.3 is 0 Å². The van der Waals surface area contributed by atoms with Gasteiger partial charge in [0.05, 0.1) is 5.56 Å². The van der Waals surface area contributed by atoms with Crippen LogP contribution < -0.4 is 0 Å². The zero-order valence-corrected chi connectivity index (χ0v) is 30.1. The molecular formula is C51H31N3O2. The maximum Gasteiger partial charge on any atom is 0.167 e. The highest BCUT2D eigenvalue weighted by atomic mass is 16.3. The van der Waals surface area contributed by atoms with Crippen LogP contribution in [0, 0.1) is 0 Å². The van der Waals surface area contributed by atoms with E-state index in [1.54, 1.807) is 0 Å². The standard InChI is InChI=1S/C51H31N3O2/c1-5-16-32(17-6-1)36-30-42(33-18-7-2-8-19-33)47-43(31-36)45-38(40-26-15-25-39-37-24-13-14-27-44(37)55-46(39)40)28-29-41(48(45)56-47)51-53-49(34-20-9-3-10-21-34)52-50(54-51)35-22-11-4-12-23-35/h1-31H. The Kier molecular flexibility index (Phi) is 7.42. The van der Waals surface area contributed by atoms with E-state index in [1.165, 1.54) is 0 Å². The number of nitrogens with zero attached hydrogens (tertiary/aromatic N) is 3. The predicted molar refractivity (Wildman–Crippen MR) is 227 cm³/mol. The Balaban J connectivity index is 1.27. The van der Waals surface area contributed by atoms with Crippen molar-refractivity contribution in [2.45, 2.75) is 0 Å². The van der Waals surface area contributed by atoms with E-state index in [-0.39, 0.29) is 0 Å². The van der Waals surface area contributed by atoms with Crippen LogP contribution >= 0.6 is 0 Å². The van der Waals surface area contributed by atoms with Gasteiger partial charge in [0.25, 0.3) is 0 Å².